The Labute approximate surface area is 103 Å². The first kappa shape index (κ1) is 11.4. The lowest BCUT2D eigenvalue weighted by Gasteiger charge is -2.08. The topological polar surface area (TPSA) is 43.8 Å². The van der Waals surface area contributed by atoms with Crippen LogP contribution < -0.4 is 5.73 Å². The first-order valence-corrected chi connectivity index (χ1v) is 5.99. The lowest BCUT2D eigenvalue weighted by molar-refractivity contribution is 0.873. The third kappa shape index (κ3) is 2.18. The number of imidazole rings is 1. The van der Waals surface area contributed by atoms with Gasteiger partial charge in [-0.1, -0.05) is 22.0 Å². The van der Waals surface area contributed by atoms with E-state index in [1.165, 1.54) is 5.56 Å². The Morgan fingerprint density at radius 1 is 1.44 bits per heavy atom. The number of benzene rings is 1. The van der Waals surface area contributed by atoms with E-state index in [9.17, 15) is 0 Å². The standard InChI is InChI=1S/C12H14BrN3/c1-9-2-3-10(6-12(9)13)16-8-15-7-11(16)4-5-14/h2-3,6-8H,4-5,14H2,1H3. The van der Waals surface area contributed by atoms with Gasteiger partial charge in [0.05, 0.1) is 6.33 Å². The summed E-state index contributed by atoms with van der Waals surface area (Å²) in [5, 5.41) is 0. The molecular weight excluding hydrogens is 266 g/mol. The highest BCUT2D eigenvalue weighted by atomic mass is 79.9. The molecule has 0 unspecified atom stereocenters. The van der Waals surface area contributed by atoms with Gasteiger partial charge in [0.15, 0.2) is 0 Å². The molecule has 0 aliphatic heterocycles. The van der Waals surface area contributed by atoms with Gasteiger partial charge in [-0.3, -0.25) is 0 Å². The number of halogens is 1. The molecule has 1 heterocycles. The smallest absolute Gasteiger partial charge is 0.0994 e. The Morgan fingerprint density at radius 3 is 2.94 bits per heavy atom. The summed E-state index contributed by atoms with van der Waals surface area (Å²) in [6, 6.07) is 6.27. The fourth-order valence-corrected chi connectivity index (χ4v) is 1.99. The normalized spacial score (nSPS) is 10.7. The molecule has 0 aliphatic carbocycles. The van der Waals surface area contributed by atoms with E-state index in [4.69, 9.17) is 5.73 Å². The average molecular weight is 280 g/mol. The van der Waals surface area contributed by atoms with Crippen molar-refractivity contribution in [3.63, 3.8) is 0 Å². The largest absolute Gasteiger partial charge is 0.330 e. The molecule has 0 bridgehead atoms. The van der Waals surface area contributed by atoms with Crippen molar-refractivity contribution in [3.8, 4) is 5.69 Å². The Kier molecular flexibility index (Phi) is 3.41. The summed E-state index contributed by atoms with van der Waals surface area (Å²) in [6.07, 6.45) is 4.52. The number of nitrogens with zero attached hydrogens (tertiary/aromatic N) is 2. The Bertz CT molecular complexity index is 491. The molecule has 16 heavy (non-hydrogen) atoms. The minimum atomic E-state index is 0.638. The van der Waals surface area contributed by atoms with Crippen LogP contribution in [0.2, 0.25) is 0 Å². The van der Waals surface area contributed by atoms with Crippen molar-refractivity contribution >= 4 is 15.9 Å². The van der Waals surface area contributed by atoms with Gasteiger partial charge in [-0.15, -0.1) is 0 Å². The quantitative estimate of drug-likeness (QED) is 0.938. The van der Waals surface area contributed by atoms with E-state index in [0.717, 1.165) is 22.3 Å². The van der Waals surface area contributed by atoms with Crippen molar-refractivity contribution in [2.45, 2.75) is 13.3 Å². The van der Waals surface area contributed by atoms with Gasteiger partial charge in [-0.2, -0.15) is 0 Å². The van der Waals surface area contributed by atoms with E-state index in [1.807, 2.05) is 12.5 Å². The summed E-state index contributed by atoms with van der Waals surface area (Å²) in [4.78, 5) is 4.16. The molecule has 0 spiro atoms. The lowest BCUT2D eigenvalue weighted by Crippen LogP contribution is -2.07. The maximum atomic E-state index is 5.57. The van der Waals surface area contributed by atoms with Crippen LogP contribution in [0.3, 0.4) is 0 Å². The van der Waals surface area contributed by atoms with Crippen LogP contribution in [0.1, 0.15) is 11.3 Å². The predicted molar refractivity (Wildman–Crippen MR) is 68.8 cm³/mol. The van der Waals surface area contributed by atoms with Crippen LogP contribution in [0, 0.1) is 6.92 Å². The zero-order chi connectivity index (χ0) is 11.5. The average Bonchev–Trinajstić information content (AvgIpc) is 2.71. The SMILES string of the molecule is Cc1ccc(-n2cncc2CCN)cc1Br. The second-order valence-electron chi connectivity index (χ2n) is 3.73. The number of hydrogen-bond acceptors (Lipinski definition) is 2. The van der Waals surface area contributed by atoms with Gasteiger partial charge in [-0.05, 0) is 31.2 Å². The molecule has 0 saturated heterocycles. The highest BCUT2D eigenvalue weighted by molar-refractivity contribution is 9.10. The highest BCUT2D eigenvalue weighted by Gasteiger charge is 2.04. The van der Waals surface area contributed by atoms with E-state index >= 15 is 0 Å². The second kappa shape index (κ2) is 4.80. The van der Waals surface area contributed by atoms with Gasteiger partial charge in [0.1, 0.15) is 0 Å². The zero-order valence-corrected chi connectivity index (χ0v) is 10.7. The second-order valence-corrected chi connectivity index (χ2v) is 4.58. The Balaban J connectivity index is 2.42. The number of aryl methyl sites for hydroxylation is 1. The van der Waals surface area contributed by atoms with Crippen molar-refractivity contribution in [1.29, 1.82) is 0 Å². The summed E-state index contributed by atoms with van der Waals surface area (Å²) in [5.41, 5.74) is 9.04. The van der Waals surface area contributed by atoms with Gasteiger partial charge in [0, 0.05) is 28.5 Å². The van der Waals surface area contributed by atoms with E-state index in [-0.39, 0.29) is 0 Å². The summed E-state index contributed by atoms with van der Waals surface area (Å²) in [6.45, 7) is 2.71. The summed E-state index contributed by atoms with van der Waals surface area (Å²) >= 11 is 3.54. The molecule has 2 rings (SSSR count). The molecular formula is C12H14BrN3. The molecule has 0 fully saturated rings. The fourth-order valence-electron chi connectivity index (χ4n) is 1.62. The van der Waals surface area contributed by atoms with Gasteiger partial charge in [-0.25, -0.2) is 4.98 Å². The van der Waals surface area contributed by atoms with Crippen molar-refractivity contribution in [3.05, 3.63) is 46.5 Å². The van der Waals surface area contributed by atoms with Crippen LogP contribution in [-0.4, -0.2) is 16.1 Å². The van der Waals surface area contributed by atoms with Gasteiger partial charge in [0.25, 0.3) is 0 Å². The summed E-state index contributed by atoms with van der Waals surface area (Å²) in [5.74, 6) is 0. The number of rotatable bonds is 3. The minimum absolute atomic E-state index is 0.638. The molecule has 84 valence electrons. The van der Waals surface area contributed by atoms with E-state index < -0.39 is 0 Å². The predicted octanol–water partition coefficient (Wildman–Crippen LogP) is 2.44. The zero-order valence-electron chi connectivity index (χ0n) is 9.15. The first-order chi connectivity index (χ1) is 7.72. The molecule has 0 amide bonds. The van der Waals surface area contributed by atoms with Crippen molar-refractivity contribution in [2.75, 3.05) is 6.54 Å². The van der Waals surface area contributed by atoms with Crippen LogP contribution in [0.5, 0.6) is 0 Å². The van der Waals surface area contributed by atoms with Crippen LogP contribution in [0.4, 0.5) is 0 Å². The minimum Gasteiger partial charge on any atom is -0.330 e. The molecule has 0 aliphatic rings. The molecule has 1 aromatic heterocycles. The lowest BCUT2D eigenvalue weighted by atomic mass is 10.2. The molecule has 2 N–H and O–H groups in total. The van der Waals surface area contributed by atoms with Crippen LogP contribution in [0.15, 0.2) is 35.2 Å². The van der Waals surface area contributed by atoms with Crippen LogP contribution in [0.25, 0.3) is 5.69 Å². The van der Waals surface area contributed by atoms with Gasteiger partial charge >= 0.3 is 0 Å². The Hall–Kier alpha value is -1.13. The molecule has 4 heteroatoms. The third-order valence-electron chi connectivity index (χ3n) is 2.55. The van der Waals surface area contributed by atoms with Crippen LogP contribution in [-0.2, 0) is 6.42 Å². The first-order valence-electron chi connectivity index (χ1n) is 5.20. The number of hydrogen-bond donors (Lipinski definition) is 1. The maximum absolute atomic E-state index is 5.57. The summed E-state index contributed by atoms with van der Waals surface area (Å²) in [7, 11) is 0. The van der Waals surface area contributed by atoms with E-state index in [1.54, 1.807) is 0 Å². The molecule has 3 nitrogen and oxygen atoms in total. The number of aromatic nitrogens is 2. The van der Waals surface area contributed by atoms with Gasteiger partial charge < -0.3 is 10.3 Å². The Morgan fingerprint density at radius 2 is 2.25 bits per heavy atom. The summed E-state index contributed by atoms with van der Waals surface area (Å²) < 4.78 is 3.18. The molecule has 0 radical (unpaired) electrons. The van der Waals surface area contributed by atoms with Crippen molar-refractivity contribution in [1.82, 2.24) is 9.55 Å². The van der Waals surface area contributed by atoms with Crippen molar-refractivity contribution < 1.29 is 0 Å². The highest BCUT2D eigenvalue weighted by Crippen LogP contribution is 2.21. The van der Waals surface area contributed by atoms with Gasteiger partial charge in [0.2, 0.25) is 0 Å². The molecule has 0 saturated carbocycles. The fraction of sp³-hybridized carbons (Fsp3) is 0.250. The monoisotopic (exact) mass is 279 g/mol. The number of nitrogens with two attached hydrogens (primary N) is 1. The van der Waals surface area contributed by atoms with E-state index in [2.05, 4.69) is 50.6 Å². The molecule has 2 aromatic rings. The van der Waals surface area contributed by atoms with E-state index in [0.29, 0.717) is 6.54 Å². The molecule has 0 atom stereocenters. The van der Waals surface area contributed by atoms with Crippen LogP contribution >= 0.6 is 15.9 Å². The third-order valence-corrected chi connectivity index (χ3v) is 3.40. The van der Waals surface area contributed by atoms with Crippen molar-refractivity contribution in [2.24, 2.45) is 5.73 Å². The molecule has 1 aromatic carbocycles. The maximum Gasteiger partial charge on any atom is 0.0994 e.